The molecule has 0 amide bonds. The first-order chi connectivity index (χ1) is 10.9. The highest BCUT2D eigenvalue weighted by Crippen LogP contribution is 2.10. The molecule has 0 saturated heterocycles. The van der Waals surface area contributed by atoms with Gasteiger partial charge in [-0.2, -0.15) is 0 Å². The summed E-state index contributed by atoms with van der Waals surface area (Å²) in [6.07, 6.45) is 0. The van der Waals surface area contributed by atoms with Gasteiger partial charge in [-0.25, -0.2) is 0 Å². The smallest absolute Gasteiger partial charge is 0.191 e. The summed E-state index contributed by atoms with van der Waals surface area (Å²) in [6, 6.07) is 8.09. The lowest BCUT2D eigenvalue weighted by Crippen LogP contribution is -2.41. The van der Waals surface area contributed by atoms with Crippen molar-refractivity contribution in [3.05, 3.63) is 29.8 Å². The molecule has 0 aliphatic rings. The van der Waals surface area contributed by atoms with Gasteiger partial charge in [0.05, 0.1) is 13.1 Å². The Balaban J connectivity index is 2.27. The van der Waals surface area contributed by atoms with E-state index in [1.54, 1.807) is 0 Å². The Hall–Kier alpha value is -1.75. The molecule has 0 saturated carbocycles. The van der Waals surface area contributed by atoms with E-state index in [4.69, 9.17) is 4.74 Å². The van der Waals surface area contributed by atoms with E-state index in [9.17, 15) is 0 Å². The second-order valence-corrected chi connectivity index (χ2v) is 6.53. The second-order valence-electron chi connectivity index (χ2n) is 6.53. The van der Waals surface area contributed by atoms with Crippen molar-refractivity contribution in [2.24, 2.45) is 4.99 Å². The van der Waals surface area contributed by atoms with Crippen molar-refractivity contribution in [2.75, 3.05) is 32.8 Å². The van der Waals surface area contributed by atoms with Gasteiger partial charge in [0.25, 0.3) is 0 Å². The number of aryl methyl sites for hydroxylation is 1. The van der Waals surface area contributed by atoms with Crippen molar-refractivity contribution in [1.82, 2.24) is 16.0 Å². The van der Waals surface area contributed by atoms with Crippen LogP contribution in [0.25, 0.3) is 0 Å². The van der Waals surface area contributed by atoms with Crippen molar-refractivity contribution in [3.8, 4) is 5.75 Å². The molecule has 23 heavy (non-hydrogen) atoms. The number of aliphatic imine (C=N–C) groups is 1. The number of nitrogens with one attached hydrogen (secondary N) is 3. The fraction of sp³-hybridized carbons (Fsp3) is 0.611. The molecule has 0 aliphatic heterocycles. The number of hydrogen-bond acceptors (Lipinski definition) is 3. The van der Waals surface area contributed by atoms with Crippen molar-refractivity contribution < 1.29 is 4.74 Å². The van der Waals surface area contributed by atoms with Gasteiger partial charge in [-0.05, 0) is 46.8 Å². The second kappa shape index (κ2) is 10.1. The number of hydrogen-bond donors (Lipinski definition) is 3. The maximum Gasteiger partial charge on any atom is 0.191 e. The van der Waals surface area contributed by atoms with Crippen LogP contribution in [-0.4, -0.2) is 44.3 Å². The van der Waals surface area contributed by atoms with E-state index >= 15 is 0 Å². The molecule has 1 aromatic rings. The number of benzene rings is 1. The Morgan fingerprint density at radius 2 is 1.78 bits per heavy atom. The zero-order valence-electron chi connectivity index (χ0n) is 15.2. The van der Waals surface area contributed by atoms with E-state index in [0.717, 1.165) is 31.3 Å². The molecule has 0 unspecified atom stereocenters. The van der Waals surface area contributed by atoms with E-state index < -0.39 is 0 Å². The van der Waals surface area contributed by atoms with Gasteiger partial charge in [-0.3, -0.25) is 4.99 Å². The maximum absolute atomic E-state index is 5.70. The minimum Gasteiger partial charge on any atom is -0.492 e. The molecule has 1 rings (SSSR count). The van der Waals surface area contributed by atoms with Crippen LogP contribution in [0.2, 0.25) is 0 Å². The standard InChI is InChI=1S/C18H32N4O/c1-6-19-17(20-11-12-22-18(3,4)5)21-13-14-23-16-9-7-15(2)8-10-16/h7-10,22H,6,11-14H2,1-5H3,(H2,19,20,21). The maximum atomic E-state index is 5.70. The summed E-state index contributed by atoms with van der Waals surface area (Å²) in [5.41, 5.74) is 1.37. The average molecular weight is 320 g/mol. The molecule has 0 heterocycles. The van der Waals surface area contributed by atoms with Gasteiger partial charge >= 0.3 is 0 Å². The summed E-state index contributed by atoms with van der Waals surface area (Å²) in [5, 5.41) is 9.95. The summed E-state index contributed by atoms with van der Waals surface area (Å²) in [4.78, 5) is 4.55. The first-order valence-corrected chi connectivity index (χ1v) is 8.37. The van der Waals surface area contributed by atoms with E-state index in [1.165, 1.54) is 5.56 Å². The average Bonchev–Trinajstić information content (AvgIpc) is 2.48. The zero-order valence-corrected chi connectivity index (χ0v) is 15.2. The monoisotopic (exact) mass is 320 g/mol. The topological polar surface area (TPSA) is 57.7 Å². The van der Waals surface area contributed by atoms with Crippen molar-refractivity contribution in [3.63, 3.8) is 0 Å². The Labute approximate surface area is 140 Å². The Kier molecular flexibility index (Phi) is 8.48. The number of rotatable bonds is 8. The predicted molar refractivity (Wildman–Crippen MR) is 98.4 cm³/mol. The first kappa shape index (κ1) is 19.3. The van der Waals surface area contributed by atoms with E-state index in [1.807, 2.05) is 12.1 Å². The fourth-order valence-corrected chi connectivity index (χ4v) is 1.91. The van der Waals surface area contributed by atoms with Gasteiger partial charge in [-0.1, -0.05) is 17.7 Å². The Morgan fingerprint density at radius 1 is 1.09 bits per heavy atom. The van der Waals surface area contributed by atoms with Crippen LogP contribution in [0.5, 0.6) is 5.75 Å². The molecule has 0 aromatic heterocycles. The highest BCUT2D eigenvalue weighted by molar-refractivity contribution is 5.79. The lowest BCUT2D eigenvalue weighted by atomic mass is 10.1. The van der Waals surface area contributed by atoms with Crippen molar-refractivity contribution in [1.29, 1.82) is 0 Å². The molecular formula is C18H32N4O. The van der Waals surface area contributed by atoms with Crippen LogP contribution in [0.1, 0.15) is 33.3 Å². The Morgan fingerprint density at radius 3 is 2.39 bits per heavy atom. The molecule has 130 valence electrons. The van der Waals surface area contributed by atoms with Gasteiger partial charge in [0.15, 0.2) is 5.96 Å². The molecule has 1 aromatic carbocycles. The largest absolute Gasteiger partial charge is 0.492 e. The molecule has 5 heteroatoms. The SMILES string of the molecule is CCNC(=NCCNC(C)(C)C)NCCOc1ccc(C)cc1. The van der Waals surface area contributed by atoms with E-state index in [-0.39, 0.29) is 5.54 Å². The van der Waals surface area contributed by atoms with Gasteiger partial charge in [0.1, 0.15) is 12.4 Å². The number of nitrogens with zero attached hydrogens (tertiary/aromatic N) is 1. The van der Waals surface area contributed by atoms with Crippen LogP contribution >= 0.6 is 0 Å². The third-order valence-electron chi connectivity index (χ3n) is 3.07. The van der Waals surface area contributed by atoms with Crippen LogP contribution in [0.15, 0.2) is 29.3 Å². The summed E-state index contributed by atoms with van der Waals surface area (Å²) < 4.78 is 5.70. The minimum absolute atomic E-state index is 0.128. The quantitative estimate of drug-likeness (QED) is 0.391. The molecule has 5 nitrogen and oxygen atoms in total. The molecule has 0 atom stereocenters. The number of ether oxygens (including phenoxy) is 1. The highest BCUT2D eigenvalue weighted by atomic mass is 16.5. The molecule has 0 fully saturated rings. The van der Waals surface area contributed by atoms with Gasteiger partial charge in [0, 0.05) is 18.6 Å². The molecule has 3 N–H and O–H groups in total. The van der Waals surface area contributed by atoms with Gasteiger partial charge in [-0.15, -0.1) is 0 Å². The lowest BCUT2D eigenvalue weighted by Gasteiger charge is -2.20. The fourth-order valence-electron chi connectivity index (χ4n) is 1.91. The summed E-state index contributed by atoms with van der Waals surface area (Å²) >= 11 is 0. The van der Waals surface area contributed by atoms with Crippen molar-refractivity contribution in [2.45, 2.75) is 40.2 Å². The molecule has 0 radical (unpaired) electrons. The van der Waals surface area contributed by atoms with Crippen LogP contribution in [0.3, 0.4) is 0 Å². The third-order valence-corrected chi connectivity index (χ3v) is 3.07. The molecule has 0 bridgehead atoms. The first-order valence-electron chi connectivity index (χ1n) is 8.37. The molecule has 0 aliphatic carbocycles. The van der Waals surface area contributed by atoms with Crippen LogP contribution in [0, 0.1) is 6.92 Å². The van der Waals surface area contributed by atoms with Gasteiger partial charge in [0.2, 0.25) is 0 Å². The van der Waals surface area contributed by atoms with Crippen LogP contribution in [0.4, 0.5) is 0 Å². The summed E-state index contributed by atoms with van der Waals surface area (Å²) in [7, 11) is 0. The molecular weight excluding hydrogens is 288 g/mol. The molecule has 0 spiro atoms. The van der Waals surface area contributed by atoms with E-state index in [0.29, 0.717) is 13.2 Å². The zero-order chi connectivity index (χ0) is 17.1. The normalized spacial score (nSPS) is 12.1. The minimum atomic E-state index is 0.128. The van der Waals surface area contributed by atoms with Crippen molar-refractivity contribution >= 4 is 5.96 Å². The van der Waals surface area contributed by atoms with Gasteiger partial charge < -0.3 is 20.7 Å². The highest BCUT2D eigenvalue weighted by Gasteiger charge is 2.07. The van der Waals surface area contributed by atoms with Crippen LogP contribution in [-0.2, 0) is 0 Å². The predicted octanol–water partition coefficient (Wildman–Crippen LogP) is 2.32. The number of guanidine groups is 1. The third kappa shape index (κ3) is 9.79. The van der Waals surface area contributed by atoms with E-state index in [2.05, 4.69) is 67.7 Å². The lowest BCUT2D eigenvalue weighted by molar-refractivity contribution is 0.322. The Bertz CT molecular complexity index is 463. The summed E-state index contributed by atoms with van der Waals surface area (Å²) in [6.45, 7) is 14.4. The van der Waals surface area contributed by atoms with Crippen LogP contribution < -0.4 is 20.7 Å². The summed E-state index contributed by atoms with van der Waals surface area (Å²) in [5.74, 6) is 1.73.